The Balaban J connectivity index is 1.68. The molecule has 130 valence electrons. The number of hydrogen-bond acceptors (Lipinski definition) is 1. The molecule has 0 aliphatic heterocycles. The van der Waals surface area contributed by atoms with Crippen molar-refractivity contribution in [3.8, 4) is 0 Å². The highest BCUT2D eigenvalue weighted by Gasteiger charge is 2.33. The third-order valence-corrected chi connectivity index (χ3v) is 5.54. The van der Waals surface area contributed by atoms with Crippen molar-refractivity contribution >= 4 is 22.4 Å². The van der Waals surface area contributed by atoms with Gasteiger partial charge in [0.05, 0.1) is 6.10 Å². The van der Waals surface area contributed by atoms with Gasteiger partial charge in [0.1, 0.15) is 0 Å². The Morgan fingerprint density at radius 1 is 0.667 bits per heavy atom. The van der Waals surface area contributed by atoms with Crippen molar-refractivity contribution in [1.82, 2.24) is 0 Å². The molecule has 0 saturated carbocycles. The smallest absolute Gasteiger partial charge is 0.0905 e. The number of rotatable bonds is 3. The molecular weight excluding hydrogens is 328 g/mol. The van der Waals surface area contributed by atoms with Crippen LogP contribution < -0.4 is 0 Å². The van der Waals surface area contributed by atoms with Crippen LogP contribution in [0, 0.1) is 0 Å². The molecule has 0 aromatic heterocycles. The highest BCUT2D eigenvalue weighted by Crippen LogP contribution is 2.49. The third-order valence-electron chi connectivity index (χ3n) is 5.54. The van der Waals surface area contributed by atoms with Gasteiger partial charge >= 0.3 is 0 Å². The van der Waals surface area contributed by atoms with Crippen LogP contribution in [0.1, 0.15) is 34.3 Å². The van der Waals surface area contributed by atoms with Crippen molar-refractivity contribution in [2.75, 3.05) is 0 Å². The molecule has 1 nitrogen and oxygen atoms in total. The summed E-state index contributed by atoms with van der Waals surface area (Å²) in [6.07, 6.45) is 1.62. The number of benzene rings is 4. The summed E-state index contributed by atoms with van der Waals surface area (Å²) in [5.74, 6) is -0.0746. The molecule has 4 aromatic rings. The first-order valence-electron chi connectivity index (χ1n) is 9.34. The van der Waals surface area contributed by atoms with E-state index in [9.17, 15) is 5.11 Å². The number of aliphatic hydroxyl groups is 1. The van der Waals surface area contributed by atoms with Crippen LogP contribution in [0.3, 0.4) is 0 Å². The molecule has 0 heterocycles. The molecule has 0 fully saturated rings. The zero-order valence-corrected chi connectivity index (χ0v) is 14.9. The van der Waals surface area contributed by atoms with E-state index < -0.39 is 6.10 Å². The molecule has 1 N–H and O–H groups in total. The largest absolute Gasteiger partial charge is 0.387 e. The summed E-state index contributed by atoms with van der Waals surface area (Å²) < 4.78 is 0. The second kappa shape index (κ2) is 6.53. The average molecular weight is 348 g/mol. The maximum atomic E-state index is 11.6. The minimum absolute atomic E-state index is 0.0746. The van der Waals surface area contributed by atoms with Crippen molar-refractivity contribution in [2.24, 2.45) is 0 Å². The second-order valence-electron chi connectivity index (χ2n) is 7.09. The molecule has 0 amide bonds. The highest BCUT2D eigenvalue weighted by atomic mass is 16.3. The normalized spacial score (nSPS) is 16.8. The quantitative estimate of drug-likeness (QED) is 0.466. The molecule has 0 bridgehead atoms. The Morgan fingerprint density at radius 2 is 1.37 bits per heavy atom. The molecule has 5 rings (SSSR count). The Bertz CT molecular complexity index is 1140. The van der Waals surface area contributed by atoms with Gasteiger partial charge in [-0.25, -0.2) is 0 Å². The molecular formula is C26H20O. The van der Waals surface area contributed by atoms with Crippen LogP contribution >= 0.6 is 0 Å². The lowest BCUT2D eigenvalue weighted by Gasteiger charge is -2.25. The van der Waals surface area contributed by atoms with E-state index in [2.05, 4.69) is 78.9 Å². The first-order valence-corrected chi connectivity index (χ1v) is 9.34. The van der Waals surface area contributed by atoms with Crippen LogP contribution in [0.4, 0.5) is 0 Å². The van der Waals surface area contributed by atoms with Gasteiger partial charge in [-0.15, -0.1) is 0 Å². The molecule has 2 atom stereocenters. The lowest BCUT2D eigenvalue weighted by atomic mass is 9.82. The van der Waals surface area contributed by atoms with Gasteiger partial charge in [-0.3, -0.25) is 0 Å². The maximum absolute atomic E-state index is 11.6. The summed E-state index contributed by atoms with van der Waals surface area (Å²) in [5.41, 5.74) is 5.71. The van der Waals surface area contributed by atoms with Gasteiger partial charge in [0.15, 0.2) is 0 Å². The van der Waals surface area contributed by atoms with Crippen LogP contribution in [-0.4, -0.2) is 5.11 Å². The van der Waals surface area contributed by atoms with Gasteiger partial charge in [-0.2, -0.15) is 0 Å². The maximum Gasteiger partial charge on any atom is 0.0905 e. The van der Waals surface area contributed by atoms with Gasteiger partial charge < -0.3 is 5.11 Å². The van der Waals surface area contributed by atoms with E-state index in [4.69, 9.17) is 0 Å². The molecule has 0 saturated heterocycles. The Morgan fingerprint density at radius 3 is 2.26 bits per heavy atom. The lowest BCUT2D eigenvalue weighted by molar-refractivity contribution is 0.167. The molecule has 0 radical (unpaired) electrons. The summed E-state index contributed by atoms with van der Waals surface area (Å²) in [4.78, 5) is 0. The zero-order valence-electron chi connectivity index (χ0n) is 14.9. The van der Waals surface area contributed by atoms with Crippen LogP contribution in [0.25, 0.3) is 22.4 Å². The van der Waals surface area contributed by atoms with E-state index in [0.29, 0.717) is 0 Å². The first-order chi connectivity index (χ1) is 13.3. The minimum Gasteiger partial charge on any atom is -0.387 e. The average Bonchev–Trinajstić information content (AvgIpc) is 3.13. The summed E-state index contributed by atoms with van der Waals surface area (Å²) in [7, 11) is 0. The predicted molar refractivity (Wildman–Crippen MR) is 112 cm³/mol. The second-order valence-corrected chi connectivity index (χ2v) is 7.09. The van der Waals surface area contributed by atoms with Crippen molar-refractivity contribution in [2.45, 2.75) is 12.0 Å². The van der Waals surface area contributed by atoms with Gasteiger partial charge in [0.25, 0.3) is 0 Å². The van der Waals surface area contributed by atoms with Crippen molar-refractivity contribution < 1.29 is 5.11 Å². The topological polar surface area (TPSA) is 20.2 Å². The fraction of sp³-hybridized carbons (Fsp3) is 0.0769. The molecule has 27 heavy (non-hydrogen) atoms. The van der Waals surface area contributed by atoms with Crippen molar-refractivity contribution in [3.63, 3.8) is 0 Å². The molecule has 0 unspecified atom stereocenters. The lowest BCUT2D eigenvalue weighted by Crippen LogP contribution is -2.11. The molecule has 1 heteroatoms. The summed E-state index contributed by atoms with van der Waals surface area (Å²) in [6.45, 7) is 0. The van der Waals surface area contributed by atoms with E-state index in [1.165, 1.54) is 16.7 Å². The minimum atomic E-state index is -0.605. The number of hydrogen-bond donors (Lipinski definition) is 1. The zero-order chi connectivity index (χ0) is 18.2. The van der Waals surface area contributed by atoms with Crippen molar-refractivity contribution in [1.29, 1.82) is 0 Å². The van der Waals surface area contributed by atoms with Crippen LogP contribution in [-0.2, 0) is 0 Å². The molecule has 1 aliphatic rings. The number of aliphatic hydroxyl groups excluding tert-OH is 1. The summed E-state index contributed by atoms with van der Waals surface area (Å²) in [6, 6.07) is 33.2. The molecule has 0 spiro atoms. The van der Waals surface area contributed by atoms with Gasteiger partial charge in [-0.1, -0.05) is 103 Å². The SMILES string of the molecule is O[C@H](c1cccc2ccccc12)[C@H]1C(c2ccccc2)=Cc2ccccc21. The van der Waals surface area contributed by atoms with E-state index in [0.717, 1.165) is 21.9 Å². The Hall–Kier alpha value is -3.16. The fourth-order valence-electron chi connectivity index (χ4n) is 4.27. The predicted octanol–water partition coefficient (Wildman–Crippen LogP) is 6.21. The summed E-state index contributed by atoms with van der Waals surface area (Å²) in [5, 5.41) is 13.8. The Labute approximate surface area is 159 Å². The molecule has 4 aromatic carbocycles. The summed E-state index contributed by atoms with van der Waals surface area (Å²) >= 11 is 0. The van der Waals surface area contributed by atoms with Gasteiger partial charge in [0.2, 0.25) is 0 Å². The van der Waals surface area contributed by atoms with E-state index in [-0.39, 0.29) is 5.92 Å². The van der Waals surface area contributed by atoms with Crippen molar-refractivity contribution in [3.05, 3.63) is 119 Å². The standard InChI is InChI=1S/C26H20O/c27-26(23-16-8-13-18-11-4-6-14-21(18)23)25-22-15-7-5-12-20(22)17-24(25)19-9-2-1-3-10-19/h1-17,25-27H/t25-,26-/m1/s1. The van der Waals surface area contributed by atoms with Crippen LogP contribution in [0.5, 0.6) is 0 Å². The number of fused-ring (bicyclic) bond motifs is 2. The fourth-order valence-corrected chi connectivity index (χ4v) is 4.27. The van der Waals surface area contributed by atoms with Gasteiger partial charge in [-0.05, 0) is 38.6 Å². The van der Waals surface area contributed by atoms with E-state index in [1.54, 1.807) is 0 Å². The van der Waals surface area contributed by atoms with Crippen LogP contribution in [0.2, 0.25) is 0 Å². The Kier molecular flexibility index (Phi) is 3.88. The molecule has 1 aliphatic carbocycles. The monoisotopic (exact) mass is 348 g/mol. The van der Waals surface area contributed by atoms with Gasteiger partial charge in [0, 0.05) is 5.92 Å². The first kappa shape index (κ1) is 16.0. The third kappa shape index (κ3) is 2.68. The van der Waals surface area contributed by atoms with E-state index >= 15 is 0 Å². The van der Waals surface area contributed by atoms with Crippen LogP contribution in [0.15, 0.2) is 97.1 Å². The van der Waals surface area contributed by atoms with E-state index in [1.807, 2.05) is 24.3 Å². The highest BCUT2D eigenvalue weighted by molar-refractivity contribution is 5.93.